The zero-order valence-corrected chi connectivity index (χ0v) is 15.3. The van der Waals surface area contributed by atoms with E-state index < -0.39 is 0 Å². The molecule has 0 saturated heterocycles. The number of phenols is 1. The normalized spacial score (nSPS) is 10.8. The van der Waals surface area contributed by atoms with E-state index in [2.05, 4.69) is 18.2 Å². The number of thiophene rings is 1. The molecule has 26 heavy (non-hydrogen) atoms. The summed E-state index contributed by atoms with van der Waals surface area (Å²) in [5.74, 6) is 1.91. The summed E-state index contributed by atoms with van der Waals surface area (Å²) in [4.78, 5) is 1.16. The van der Waals surface area contributed by atoms with Gasteiger partial charge in [0.15, 0.2) is 0 Å². The Labute approximate surface area is 156 Å². The maximum absolute atomic E-state index is 9.67. The second-order valence-electron chi connectivity index (χ2n) is 5.95. The van der Waals surface area contributed by atoms with Gasteiger partial charge in [-0.2, -0.15) is 0 Å². The van der Waals surface area contributed by atoms with E-state index in [0.29, 0.717) is 0 Å². The molecule has 130 valence electrons. The van der Waals surface area contributed by atoms with Crippen LogP contribution in [0.5, 0.6) is 17.2 Å². The van der Waals surface area contributed by atoms with Crippen molar-refractivity contribution < 1.29 is 14.6 Å². The minimum Gasteiger partial charge on any atom is -0.508 e. The van der Waals surface area contributed by atoms with E-state index >= 15 is 0 Å². The molecular weight excluding hydrogens is 344 g/mol. The summed E-state index contributed by atoms with van der Waals surface area (Å²) in [7, 11) is 3.35. The Morgan fingerprint density at radius 3 is 2.23 bits per heavy atom. The number of fused-ring (bicyclic) bond motifs is 1. The van der Waals surface area contributed by atoms with Crippen LogP contribution in [0.1, 0.15) is 0 Å². The molecule has 0 amide bonds. The molecule has 0 aliphatic rings. The molecule has 3 nitrogen and oxygen atoms in total. The van der Waals surface area contributed by atoms with Crippen LogP contribution in [-0.2, 0) is 0 Å². The van der Waals surface area contributed by atoms with Gasteiger partial charge in [0.2, 0.25) is 0 Å². The fourth-order valence-corrected chi connectivity index (χ4v) is 4.29. The van der Waals surface area contributed by atoms with Crippen molar-refractivity contribution in [2.75, 3.05) is 14.2 Å². The highest BCUT2D eigenvalue weighted by molar-refractivity contribution is 7.23. The topological polar surface area (TPSA) is 38.7 Å². The Bertz CT molecular complexity index is 1060. The van der Waals surface area contributed by atoms with Crippen LogP contribution < -0.4 is 9.47 Å². The molecule has 0 radical (unpaired) electrons. The summed E-state index contributed by atoms with van der Waals surface area (Å²) in [6, 6.07) is 21.5. The smallest absolute Gasteiger partial charge is 0.119 e. The van der Waals surface area contributed by atoms with Crippen LogP contribution >= 0.6 is 11.3 Å². The fraction of sp³-hybridized carbons (Fsp3) is 0.0909. The molecule has 4 heteroatoms. The molecule has 0 unspecified atom stereocenters. The van der Waals surface area contributed by atoms with Crippen LogP contribution in [0.2, 0.25) is 0 Å². The van der Waals surface area contributed by atoms with E-state index in [-0.39, 0.29) is 5.75 Å². The van der Waals surface area contributed by atoms with Crippen molar-refractivity contribution in [2.24, 2.45) is 0 Å². The lowest BCUT2D eigenvalue weighted by Gasteiger charge is -2.08. The number of benzene rings is 3. The van der Waals surface area contributed by atoms with Crippen molar-refractivity contribution in [3.8, 4) is 38.8 Å². The van der Waals surface area contributed by atoms with E-state index in [9.17, 15) is 5.11 Å². The van der Waals surface area contributed by atoms with Crippen LogP contribution in [0, 0.1) is 0 Å². The Hall–Kier alpha value is -2.98. The van der Waals surface area contributed by atoms with E-state index in [1.807, 2.05) is 36.4 Å². The minimum atomic E-state index is 0.258. The summed E-state index contributed by atoms with van der Waals surface area (Å²) in [6.07, 6.45) is 0. The molecule has 0 bridgehead atoms. The lowest BCUT2D eigenvalue weighted by atomic mass is 9.98. The second-order valence-corrected chi connectivity index (χ2v) is 7.00. The van der Waals surface area contributed by atoms with Crippen LogP contribution in [-0.4, -0.2) is 19.3 Å². The molecule has 0 fully saturated rings. The Balaban J connectivity index is 2.02. The van der Waals surface area contributed by atoms with Crippen LogP contribution in [0.4, 0.5) is 0 Å². The Morgan fingerprint density at radius 1 is 0.769 bits per heavy atom. The van der Waals surface area contributed by atoms with Gasteiger partial charge >= 0.3 is 0 Å². The standard InChI is InChI=1S/C22H18O3S/c1-24-17-5-3-4-15(12-17)22-21(14-6-8-16(23)9-7-14)19-13-18(25-2)10-11-20(19)26-22/h3-13,23H,1-2H3. The quantitative estimate of drug-likeness (QED) is 0.487. The molecule has 0 atom stereocenters. The zero-order valence-electron chi connectivity index (χ0n) is 14.5. The van der Waals surface area contributed by atoms with Gasteiger partial charge in [-0.25, -0.2) is 0 Å². The number of methoxy groups -OCH3 is 2. The lowest BCUT2D eigenvalue weighted by molar-refractivity contribution is 0.415. The summed E-state index contributed by atoms with van der Waals surface area (Å²) in [5, 5.41) is 10.8. The van der Waals surface area contributed by atoms with E-state index in [4.69, 9.17) is 9.47 Å². The third-order valence-corrected chi connectivity index (χ3v) is 5.60. The lowest BCUT2D eigenvalue weighted by Crippen LogP contribution is -1.85. The molecule has 4 rings (SSSR count). The number of rotatable bonds is 4. The van der Waals surface area contributed by atoms with Gasteiger partial charge < -0.3 is 14.6 Å². The molecule has 0 spiro atoms. The van der Waals surface area contributed by atoms with Gasteiger partial charge in [0.1, 0.15) is 17.2 Å². The van der Waals surface area contributed by atoms with Crippen LogP contribution in [0.15, 0.2) is 66.7 Å². The number of hydrogen-bond acceptors (Lipinski definition) is 4. The Morgan fingerprint density at radius 2 is 1.50 bits per heavy atom. The molecule has 1 aromatic heterocycles. The molecule has 1 N–H and O–H groups in total. The summed E-state index contributed by atoms with van der Waals surface area (Å²) in [5.41, 5.74) is 3.30. The van der Waals surface area contributed by atoms with E-state index in [1.54, 1.807) is 37.7 Å². The highest BCUT2D eigenvalue weighted by atomic mass is 32.1. The van der Waals surface area contributed by atoms with Crippen LogP contribution in [0.25, 0.3) is 31.7 Å². The molecule has 0 saturated carbocycles. The summed E-state index contributed by atoms with van der Waals surface area (Å²) >= 11 is 1.74. The number of aromatic hydroxyl groups is 1. The molecule has 3 aromatic carbocycles. The first-order chi connectivity index (χ1) is 12.7. The zero-order chi connectivity index (χ0) is 18.1. The van der Waals surface area contributed by atoms with Crippen molar-refractivity contribution >= 4 is 21.4 Å². The average Bonchev–Trinajstić information content (AvgIpc) is 3.07. The number of phenolic OH excluding ortho intramolecular Hbond substituents is 1. The van der Waals surface area contributed by atoms with Crippen molar-refractivity contribution in [3.63, 3.8) is 0 Å². The number of hydrogen-bond donors (Lipinski definition) is 1. The predicted octanol–water partition coefficient (Wildman–Crippen LogP) is 5.96. The maximum atomic E-state index is 9.67. The first-order valence-electron chi connectivity index (χ1n) is 8.24. The molecule has 0 aliphatic heterocycles. The highest BCUT2D eigenvalue weighted by Crippen LogP contribution is 2.46. The maximum Gasteiger partial charge on any atom is 0.119 e. The largest absolute Gasteiger partial charge is 0.508 e. The summed E-state index contributed by atoms with van der Waals surface area (Å²) in [6.45, 7) is 0. The molecule has 0 aliphatic carbocycles. The van der Waals surface area contributed by atoms with Crippen molar-refractivity contribution in [1.29, 1.82) is 0 Å². The van der Waals surface area contributed by atoms with Gasteiger partial charge in [0.25, 0.3) is 0 Å². The van der Waals surface area contributed by atoms with Gasteiger partial charge in [-0.15, -0.1) is 11.3 Å². The van der Waals surface area contributed by atoms with Crippen molar-refractivity contribution in [1.82, 2.24) is 0 Å². The highest BCUT2D eigenvalue weighted by Gasteiger charge is 2.17. The third-order valence-electron chi connectivity index (χ3n) is 4.38. The molecule has 1 heterocycles. The van der Waals surface area contributed by atoms with Gasteiger partial charge in [0, 0.05) is 20.5 Å². The van der Waals surface area contributed by atoms with Crippen molar-refractivity contribution in [2.45, 2.75) is 0 Å². The van der Waals surface area contributed by atoms with Crippen molar-refractivity contribution in [3.05, 3.63) is 66.7 Å². The van der Waals surface area contributed by atoms with Gasteiger partial charge in [-0.05, 0) is 53.6 Å². The van der Waals surface area contributed by atoms with E-state index in [0.717, 1.165) is 38.5 Å². The van der Waals surface area contributed by atoms with Gasteiger partial charge in [-0.1, -0.05) is 24.3 Å². The van der Waals surface area contributed by atoms with Crippen LogP contribution in [0.3, 0.4) is 0 Å². The summed E-state index contributed by atoms with van der Waals surface area (Å²) < 4.78 is 12.0. The fourth-order valence-electron chi connectivity index (χ4n) is 3.09. The van der Waals surface area contributed by atoms with Gasteiger partial charge in [0.05, 0.1) is 14.2 Å². The number of ether oxygens (including phenoxy) is 2. The van der Waals surface area contributed by atoms with E-state index in [1.165, 1.54) is 4.70 Å². The molecule has 4 aromatic rings. The Kier molecular flexibility index (Phi) is 4.27. The average molecular weight is 362 g/mol. The predicted molar refractivity (Wildman–Crippen MR) is 107 cm³/mol. The first-order valence-corrected chi connectivity index (χ1v) is 9.05. The molecular formula is C22H18O3S. The SMILES string of the molecule is COc1cccc(-c2sc3ccc(OC)cc3c2-c2ccc(O)cc2)c1. The third kappa shape index (κ3) is 2.89. The van der Waals surface area contributed by atoms with Gasteiger partial charge in [-0.3, -0.25) is 0 Å². The minimum absolute atomic E-state index is 0.258. The second kappa shape index (κ2) is 6.73. The first kappa shape index (κ1) is 16.5. The monoisotopic (exact) mass is 362 g/mol.